The maximum atomic E-state index is 12.6. The Morgan fingerprint density at radius 2 is 1.93 bits per heavy atom. The summed E-state index contributed by atoms with van der Waals surface area (Å²) in [6.45, 7) is 2.54. The van der Waals surface area contributed by atoms with E-state index < -0.39 is 19.5 Å². The summed E-state index contributed by atoms with van der Waals surface area (Å²) in [5, 5.41) is 13.1. The van der Waals surface area contributed by atoms with Gasteiger partial charge in [-0.1, -0.05) is 13.0 Å². The minimum absolute atomic E-state index is 0.00323. The molecule has 2 saturated carbocycles. The first-order chi connectivity index (χ1) is 19.4. The number of phosphoric ester groups is 1. The number of primary amides is 1. The number of hydrogen-bond acceptors (Lipinski definition) is 7. The van der Waals surface area contributed by atoms with E-state index in [2.05, 4.69) is 12.2 Å². The summed E-state index contributed by atoms with van der Waals surface area (Å²) in [5.41, 5.74) is 7.60. The number of aromatic hydroxyl groups is 1. The molecule has 3 aliphatic carbocycles. The SMILES string of the molecule is COc1ccc(NC(=O)CCOC2CCC3C4CCc5cc(OP(=O)(O)O)ccc5C4CCC23C)c(O)c1C(N)=O. The van der Waals surface area contributed by atoms with Crippen LogP contribution in [0.1, 0.15) is 72.9 Å². The standard InChI is InChI=1S/C29H37N2O9P/c1-29-13-11-19-18-6-4-17(40-41(35,36)37)15-16(18)3-5-20(19)21(29)7-10-24(29)39-14-12-25(32)31-22-8-9-23(38-2)26(27(22)33)28(30)34/h4,6,8-9,15,19-21,24,33H,3,5,7,10-14H2,1-2H3,(H2,30,34)(H,31,32)(H2,35,36,37). The largest absolute Gasteiger partial charge is 0.524 e. The van der Waals surface area contributed by atoms with Crippen molar-refractivity contribution in [2.75, 3.05) is 19.0 Å². The fourth-order valence-corrected chi connectivity index (χ4v) is 7.96. The van der Waals surface area contributed by atoms with Crippen molar-refractivity contribution in [3.05, 3.63) is 47.0 Å². The zero-order valence-electron chi connectivity index (χ0n) is 23.2. The number of anilines is 1. The van der Waals surface area contributed by atoms with Crippen LogP contribution in [0.2, 0.25) is 0 Å². The van der Waals surface area contributed by atoms with Crippen LogP contribution in [0.4, 0.5) is 5.69 Å². The Balaban J connectivity index is 1.19. The molecule has 0 aliphatic heterocycles. The van der Waals surface area contributed by atoms with Crippen LogP contribution in [0.15, 0.2) is 30.3 Å². The molecule has 0 radical (unpaired) electrons. The van der Waals surface area contributed by atoms with Crippen LogP contribution in [0.3, 0.4) is 0 Å². The number of nitrogens with one attached hydrogen (secondary N) is 1. The van der Waals surface area contributed by atoms with Gasteiger partial charge in [0, 0.05) is 0 Å². The van der Waals surface area contributed by atoms with Gasteiger partial charge in [0.1, 0.15) is 17.1 Å². The van der Waals surface area contributed by atoms with E-state index in [1.54, 1.807) is 12.1 Å². The van der Waals surface area contributed by atoms with Gasteiger partial charge in [0.15, 0.2) is 5.75 Å². The van der Waals surface area contributed by atoms with Crippen molar-refractivity contribution >= 4 is 25.3 Å². The van der Waals surface area contributed by atoms with Crippen LogP contribution in [0.25, 0.3) is 0 Å². The molecule has 6 N–H and O–H groups in total. The van der Waals surface area contributed by atoms with E-state index in [1.165, 1.54) is 24.8 Å². The Hall–Kier alpha value is -3.11. The van der Waals surface area contributed by atoms with E-state index in [4.69, 9.17) is 29.5 Å². The third kappa shape index (κ3) is 5.81. The van der Waals surface area contributed by atoms with Gasteiger partial charge in [-0.25, -0.2) is 4.57 Å². The van der Waals surface area contributed by atoms with Gasteiger partial charge < -0.3 is 30.2 Å². The summed E-state index contributed by atoms with van der Waals surface area (Å²) in [5.74, 6) is 0.0571. The predicted octanol–water partition coefficient (Wildman–Crippen LogP) is 4.24. The number of phosphoric acid groups is 1. The second kappa shape index (κ2) is 11.3. The highest BCUT2D eigenvalue weighted by atomic mass is 31.2. The molecule has 5 rings (SSSR count). The summed E-state index contributed by atoms with van der Waals surface area (Å²) >= 11 is 0. The summed E-state index contributed by atoms with van der Waals surface area (Å²) in [6, 6.07) is 8.30. The highest BCUT2D eigenvalue weighted by molar-refractivity contribution is 7.46. The monoisotopic (exact) mass is 588 g/mol. The van der Waals surface area contributed by atoms with Gasteiger partial charge >= 0.3 is 7.82 Å². The molecule has 222 valence electrons. The number of hydrogen-bond donors (Lipinski definition) is 5. The first-order valence-electron chi connectivity index (χ1n) is 13.9. The first kappa shape index (κ1) is 29.4. The van der Waals surface area contributed by atoms with E-state index >= 15 is 0 Å². The van der Waals surface area contributed by atoms with Crippen molar-refractivity contribution in [1.29, 1.82) is 0 Å². The number of ether oxygens (including phenoxy) is 2. The Labute approximate surface area is 238 Å². The second-order valence-corrected chi connectivity index (χ2v) is 12.7. The molecule has 2 fully saturated rings. The minimum Gasteiger partial charge on any atom is -0.505 e. The molecule has 2 aromatic carbocycles. The molecule has 0 aromatic heterocycles. The zero-order valence-corrected chi connectivity index (χ0v) is 24.1. The van der Waals surface area contributed by atoms with Crippen molar-refractivity contribution in [2.45, 2.75) is 63.9 Å². The number of nitrogens with two attached hydrogens (primary N) is 1. The van der Waals surface area contributed by atoms with E-state index in [0.29, 0.717) is 17.8 Å². The molecule has 2 aromatic rings. The van der Waals surface area contributed by atoms with Gasteiger partial charge in [-0.15, -0.1) is 0 Å². The third-order valence-corrected chi connectivity index (χ3v) is 9.81. The van der Waals surface area contributed by atoms with Crippen LogP contribution in [0, 0.1) is 17.3 Å². The fourth-order valence-electron chi connectivity index (χ4n) is 7.57. The van der Waals surface area contributed by atoms with Gasteiger partial charge in [-0.05, 0) is 97.1 Å². The average Bonchev–Trinajstić information content (AvgIpc) is 3.24. The molecule has 41 heavy (non-hydrogen) atoms. The normalized spacial score (nSPS) is 26.8. The van der Waals surface area contributed by atoms with Gasteiger partial charge in [0.05, 0.1) is 31.9 Å². The Bertz CT molecular complexity index is 1390. The molecule has 0 bridgehead atoms. The molecule has 12 heteroatoms. The van der Waals surface area contributed by atoms with Gasteiger partial charge in [0.2, 0.25) is 5.91 Å². The summed E-state index contributed by atoms with van der Waals surface area (Å²) < 4.78 is 27.5. The van der Waals surface area contributed by atoms with E-state index in [1.807, 2.05) is 6.07 Å². The molecule has 11 nitrogen and oxygen atoms in total. The zero-order chi connectivity index (χ0) is 29.5. The highest BCUT2D eigenvalue weighted by Crippen LogP contribution is 2.61. The summed E-state index contributed by atoms with van der Waals surface area (Å²) in [4.78, 5) is 42.7. The van der Waals surface area contributed by atoms with E-state index in [0.717, 1.165) is 44.1 Å². The maximum Gasteiger partial charge on any atom is 0.524 e. The number of carbonyl (C=O) groups excluding carboxylic acids is 2. The van der Waals surface area contributed by atoms with Crippen molar-refractivity contribution in [3.63, 3.8) is 0 Å². The van der Waals surface area contributed by atoms with Gasteiger partial charge in [-0.3, -0.25) is 19.4 Å². The lowest BCUT2D eigenvalue weighted by Gasteiger charge is -2.50. The van der Waals surface area contributed by atoms with E-state index in [9.17, 15) is 19.3 Å². The van der Waals surface area contributed by atoms with Crippen molar-refractivity contribution in [2.24, 2.45) is 23.0 Å². The molecule has 0 heterocycles. The number of fused-ring (bicyclic) bond motifs is 5. The van der Waals surface area contributed by atoms with Gasteiger partial charge in [0.25, 0.3) is 5.91 Å². The smallest absolute Gasteiger partial charge is 0.505 e. The quantitative estimate of drug-likeness (QED) is 0.212. The van der Waals surface area contributed by atoms with Crippen molar-refractivity contribution < 1.29 is 43.0 Å². The van der Waals surface area contributed by atoms with Crippen molar-refractivity contribution in [1.82, 2.24) is 0 Å². The van der Waals surface area contributed by atoms with Crippen molar-refractivity contribution in [3.8, 4) is 17.2 Å². The molecule has 2 amide bonds. The Morgan fingerprint density at radius 1 is 1.15 bits per heavy atom. The van der Waals surface area contributed by atoms with Crippen LogP contribution in [-0.4, -0.2) is 46.5 Å². The lowest BCUT2D eigenvalue weighted by atomic mass is 9.55. The number of benzene rings is 2. The van der Waals surface area contributed by atoms with Crippen LogP contribution >= 0.6 is 7.82 Å². The number of phenols is 1. The topological polar surface area (TPSA) is 178 Å². The fraction of sp³-hybridized carbons (Fsp3) is 0.517. The third-order valence-electron chi connectivity index (χ3n) is 9.36. The lowest BCUT2D eigenvalue weighted by molar-refractivity contribution is -0.119. The molecular weight excluding hydrogens is 551 g/mol. The second-order valence-electron chi connectivity index (χ2n) is 11.5. The lowest BCUT2D eigenvalue weighted by Crippen LogP contribution is -2.44. The number of rotatable bonds is 9. The molecule has 5 unspecified atom stereocenters. The number of methoxy groups -OCH3 is 1. The predicted molar refractivity (Wildman–Crippen MR) is 150 cm³/mol. The van der Waals surface area contributed by atoms with Crippen LogP contribution in [0.5, 0.6) is 17.2 Å². The molecule has 5 atom stereocenters. The maximum absolute atomic E-state index is 12.6. The molecule has 3 aliphatic rings. The highest BCUT2D eigenvalue weighted by Gasteiger charge is 2.55. The number of carbonyl (C=O) groups is 2. The average molecular weight is 589 g/mol. The summed E-state index contributed by atoms with van der Waals surface area (Å²) in [6.07, 6.45) is 5.95. The molecular formula is C29H37N2O9P. The number of aryl methyl sites for hydroxylation is 1. The Morgan fingerprint density at radius 3 is 2.63 bits per heavy atom. The van der Waals surface area contributed by atoms with E-state index in [-0.39, 0.29) is 53.2 Å². The van der Waals surface area contributed by atoms with Crippen LogP contribution in [-0.2, 0) is 20.5 Å². The number of amides is 2. The molecule has 0 spiro atoms. The minimum atomic E-state index is -4.60. The molecule has 0 saturated heterocycles. The van der Waals surface area contributed by atoms with Crippen LogP contribution < -0.4 is 20.3 Å². The first-order valence-corrected chi connectivity index (χ1v) is 15.4. The summed E-state index contributed by atoms with van der Waals surface area (Å²) in [7, 11) is -3.24. The Kier molecular flexibility index (Phi) is 8.09. The van der Waals surface area contributed by atoms with Gasteiger partial charge in [-0.2, -0.15) is 0 Å².